The molecule has 0 radical (unpaired) electrons. The lowest BCUT2D eigenvalue weighted by Gasteiger charge is -2.12. The van der Waals surface area contributed by atoms with Crippen LogP contribution in [0.1, 0.15) is 25.7 Å². The largest absolute Gasteiger partial charge is 0.490 e. The first kappa shape index (κ1) is 11.2. The second-order valence-electron chi connectivity index (χ2n) is 3.60. The second-order valence-corrected chi connectivity index (χ2v) is 3.60. The van der Waals surface area contributed by atoms with Gasteiger partial charge in [-0.25, -0.2) is 0 Å². The van der Waals surface area contributed by atoms with Gasteiger partial charge in [0.05, 0.1) is 6.10 Å². The van der Waals surface area contributed by atoms with E-state index in [2.05, 4.69) is 0 Å². The minimum atomic E-state index is 0. The first-order chi connectivity index (χ1) is 6.34. The summed E-state index contributed by atoms with van der Waals surface area (Å²) in [6.45, 7) is 0. The monoisotopic (exact) mass is 213 g/mol. The van der Waals surface area contributed by atoms with Gasteiger partial charge in [0, 0.05) is 11.8 Å². The maximum absolute atomic E-state index is 5.78. The minimum Gasteiger partial charge on any atom is -0.490 e. The van der Waals surface area contributed by atoms with Crippen molar-refractivity contribution >= 4 is 18.1 Å². The normalized spacial score (nSPS) is 16.3. The first-order valence-electron chi connectivity index (χ1n) is 4.87. The topological polar surface area (TPSA) is 35.2 Å². The molecule has 2 N–H and O–H groups in total. The Morgan fingerprint density at radius 2 is 1.93 bits per heavy atom. The van der Waals surface area contributed by atoms with Gasteiger partial charge in [0.15, 0.2) is 0 Å². The highest BCUT2D eigenvalue weighted by Gasteiger charge is 2.16. The number of hydrogen-bond acceptors (Lipinski definition) is 2. The van der Waals surface area contributed by atoms with Gasteiger partial charge in [-0.3, -0.25) is 0 Å². The molecule has 0 aromatic heterocycles. The van der Waals surface area contributed by atoms with Crippen molar-refractivity contribution in [1.29, 1.82) is 0 Å². The zero-order valence-corrected chi connectivity index (χ0v) is 8.93. The predicted octanol–water partition coefficient (Wildman–Crippen LogP) is 3.01. The lowest BCUT2D eigenvalue weighted by molar-refractivity contribution is 0.210. The third-order valence-corrected chi connectivity index (χ3v) is 2.46. The summed E-state index contributed by atoms with van der Waals surface area (Å²) < 4.78 is 5.78. The third-order valence-electron chi connectivity index (χ3n) is 2.46. The summed E-state index contributed by atoms with van der Waals surface area (Å²) in [7, 11) is 0. The standard InChI is InChI=1S/C11H15NO.ClH/c12-9-4-3-7-11(8-9)13-10-5-1-2-6-10;/h3-4,7-8,10H,1-2,5-6,12H2;1H. The fourth-order valence-corrected chi connectivity index (χ4v) is 1.79. The molecule has 0 spiro atoms. The van der Waals surface area contributed by atoms with Crippen LogP contribution in [0.25, 0.3) is 0 Å². The Bertz CT molecular complexity index is 284. The lowest BCUT2D eigenvalue weighted by Crippen LogP contribution is -2.10. The maximum Gasteiger partial charge on any atom is 0.121 e. The zero-order chi connectivity index (χ0) is 9.10. The molecule has 1 aromatic carbocycles. The molecular weight excluding hydrogens is 198 g/mol. The Morgan fingerprint density at radius 3 is 2.57 bits per heavy atom. The molecule has 0 amide bonds. The lowest BCUT2D eigenvalue weighted by atomic mass is 10.3. The van der Waals surface area contributed by atoms with Gasteiger partial charge in [-0.15, -0.1) is 12.4 Å². The number of halogens is 1. The van der Waals surface area contributed by atoms with E-state index in [1.165, 1.54) is 25.7 Å². The molecule has 1 fully saturated rings. The van der Waals surface area contributed by atoms with E-state index in [4.69, 9.17) is 10.5 Å². The summed E-state index contributed by atoms with van der Waals surface area (Å²) in [4.78, 5) is 0. The van der Waals surface area contributed by atoms with Crippen molar-refractivity contribution < 1.29 is 4.74 Å². The van der Waals surface area contributed by atoms with Crippen molar-refractivity contribution in [2.45, 2.75) is 31.8 Å². The smallest absolute Gasteiger partial charge is 0.121 e. The highest BCUT2D eigenvalue weighted by Crippen LogP contribution is 2.24. The van der Waals surface area contributed by atoms with Gasteiger partial charge in [-0.2, -0.15) is 0 Å². The summed E-state index contributed by atoms with van der Waals surface area (Å²) in [6.07, 6.45) is 5.39. The fraction of sp³-hybridized carbons (Fsp3) is 0.455. The van der Waals surface area contributed by atoms with Crippen LogP contribution in [0, 0.1) is 0 Å². The molecule has 0 saturated heterocycles. The van der Waals surface area contributed by atoms with Gasteiger partial charge in [0.25, 0.3) is 0 Å². The molecule has 1 aromatic rings. The molecule has 1 aliphatic carbocycles. The van der Waals surface area contributed by atoms with Crippen LogP contribution in [0.3, 0.4) is 0 Å². The first-order valence-corrected chi connectivity index (χ1v) is 4.87. The molecule has 1 aliphatic rings. The van der Waals surface area contributed by atoms with E-state index in [1.54, 1.807) is 0 Å². The summed E-state index contributed by atoms with van der Waals surface area (Å²) in [5, 5.41) is 0. The van der Waals surface area contributed by atoms with E-state index < -0.39 is 0 Å². The molecule has 14 heavy (non-hydrogen) atoms. The van der Waals surface area contributed by atoms with Crippen molar-refractivity contribution in [1.82, 2.24) is 0 Å². The molecule has 3 heteroatoms. The average molecular weight is 214 g/mol. The maximum atomic E-state index is 5.78. The number of benzene rings is 1. The van der Waals surface area contributed by atoms with Crippen LogP contribution in [0.2, 0.25) is 0 Å². The van der Waals surface area contributed by atoms with Crippen molar-refractivity contribution in [3.63, 3.8) is 0 Å². The Kier molecular flexibility index (Phi) is 4.08. The van der Waals surface area contributed by atoms with Crippen molar-refractivity contribution in [3.8, 4) is 5.75 Å². The molecule has 2 nitrogen and oxygen atoms in total. The summed E-state index contributed by atoms with van der Waals surface area (Å²) in [5.74, 6) is 0.909. The van der Waals surface area contributed by atoms with Crippen LogP contribution in [-0.4, -0.2) is 6.10 Å². The molecule has 1 saturated carbocycles. The third kappa shape index (κ3) is 2.81. The Balaban J connectivity index is 0.000000980. The van der Waals surface area contributed by atoms with Crippen LogP contribution in [0.5, 0.6) is 5.75 Å². The number of nitrogens with two attached hydrogens (primary N) is 1. The number of ether oxygens (including phenoxy) is 1. The minimum absolute atomic E-state index is 0. The van der Waals surface area contributed by atoms with Gasteiger partial charge in [-0.1, -0.05) is 6.07 Å². The van der Waals surface area contributed by atoms with E-state index in [-0.39, 0.29) is 12.4 Å². The van der Waals surface area contributed by atoms with Crippen molar-refractivity contribution in [3.05, 3.63) is 24.3 Å². The molecule has 0 atom stereocenters. The molecular formula is C11H16ClNO. The van der Waals surface area contributed by atoms with Crippen LogP contribution < -0.4 is 10.5 Å². The van der Waals surface area contributed by atoms with Crippen LogP contribution in [0.4, 0.5) is 5.69 Å². The quantitative estimate of drug-likeness (QED) is 0.767. The SMILES string of the molecule is Cl.Nc1cccc(OC2CCCC2)c1. The van der Waals surface area contributed by atoms with Gasteiger partial charge in [-0.05, 0) is 37.8 Å². The second kappa shape index (κ2) is 5.11. The number of anilines is 1. The van der Waals surface area contributed by atoms with Crippen LogP contribution in [0.15, 0.2) is 24.3 Å². The van der Waals surface area contributed by atoms with Crippen molar-refractivity contribution in [2.24, 2.45) is 0 Å². The molecule has 0 unspecified atom stereocenters. The zero-order valence-electron chi connectivity index (χ0n) is 8.11. The average Bonchev–Trinajstić information content (AvgIpc) is 2.57. The molecule has 0 aliphatic heterocycles. The van der Waals surface area contributed by atoms with E-state index in [9.17, 15) is 0 Å². The Hall–Kier alpha value is -0.890. The number of rotatable bonds is 2. The summed E-state index contributed by atoms with van der Waals surface area (Å²) >= 11 is 0. The van der Waals surface area contributed by atoms with Gasteiger partial charge >= 0.3 is 0 Å². The molecule has 0 heterocycles. The van der Waals surface area contributed by atoms with Gasteiger partial charge < -0.3 is 10.5 Å². The van der Waals surface area contributed by atoms with Crippen molar-refractivity contribution in [2.75, 3.05) is 5.73 Å². The Labute approximate surface area is 90.9 Å². The van der Waals surface area contributed by atoms with E-state index >= 15 is 0 Å². The molecule has 0 bridgehead atoms. The van der Waals surface area contributed by atoms with E-state index in [1.807, 2.05) is 24.3 Å². The van der Waals surface area contributed by atoms with Gasteiger partial charge in [0.2, 0.25) is 0 Å². The fourth-order valence-electron chi connectivity index (χ4n) is 1.79. The highest BCUT2D eigenvalue weighted by molar-refractivity contribution is 5.85. The summed E-state index contributed by atoms with van der Waals surface area (Å²) in [5.41, 5.74) is 6.43. The highest BCUT2D eigenvalue weighted by atomic mass is 35.5. The molecule has 2 rings (SSSR count). The van der Waals surface area contributed by atoms with E-state index in [0.717, 1.165) is 11.4 Å². The Morgan fingerprint density at radius 1 is 1.21 bits per heavy atom. The predicted molar refractivity (Wildman–Crippen MR) is 61.0 cm³/mol. The molecule has 78 valence electrons. The van der Waals surface area contributed by atoms with Crippen LogP contribution >= 0.6 is 12.4 Å². The summed E-state index contributed by atoms with van der Waals surface area (Å²) in [6, 6.07) is 7.66. The number of nitrogen functional groups attached to an aromatic ring is 1. The van der Waals surface area contributed by atoms with E-state index in [0.29, 0.717) is 6.10 Å². The van der Waals surface area contributed by atoms with Gasteiger partial charge in [0.1, 0.15) is 5.75 Å². The van der Waals surface area contributed by atoms with Crippen LogP contribution in [-0.2, 0) is 0 Å². The number of hydrogen-bond donors (Lipinski definition) is 1.